The topological polar surface area (TPSA) is 78.7 Å². The van der Waals surface area contributed by atoms with E-state index in [1.807, 2.05) is 42.6 Å². The van der Waals surface area contributed by atoms with Gasteiger partial charge in [0, 0.05) is 42.0 Å². The van der Waals surface area contributed by atoms with Gasteiger partial charge in [-0.05, 0) is 38.4 Å². The standard InChI is InChI=1S/C21H25N5O2S/c1-15-14-29-21-24-17(11-19(27)26(15)21)13-25-10-6-5-9-18(25)12-22-20(28)23-16-7-3-2-4-8-16/h2-4,7-8,11,14,18H,5-6,9-10,12-13H2,1H3,(H2,22,23,28). The number of rotatable bonds is 5. The van der Waals surface area contributed by atoms with E-state index in [1.54, 1.807) is 10.5 Å². The van der Waals surface area contributed by atoms with Crippen LogP contribution in [0.25, 0.3) is 4.96 Å². The van der Waals surface area contributed by atoms with Crippen molar-refractivity contribution in [2.24, 2.45) is 0 Å². The van der Waals surface area contributed by atoms with Crippen molar-refractivity contribution in [2.45, 2.75) is 38.8 Å². The third-order valence-electron chi connectivity index (χ3n) is 5.27. The summed E-state index contributed by atoms with van der Waals surface area (Å²) in [5, 5.41) is 7.79. The van der Waals surface area contributed by atoms with Gasteiger partial charge in [0.2, 0.25) is 0 Å². The van der Waals surface area contributed by atoms with Crippen LogP contribution in [0.2, 0.25) is 0 Å². The predicted octanol–water partition coefficient (Wildman–Crippen LogP) is 3.24. The van der Waals surface area contributed by atoms with E-state index in [0.29, 0.717) is 13.1 Å². The molecule has 1 saturated heterocycles. The maximum atomic E-state index is 12.4. The van der Waals surface area contributed by atoms with Crippen molar-refractivity contribution in [1.82, 2.24) is 19.6 Å². The Hall–Kier alpha value is -2.71. The number of para-hydroxylation sites is 1. The molecule has 0 spiro atoms. The average molecular weight is 412 g/mol. The summed E-state index contributed by atoms with van der Waals surface area (Å²) in [6, 6.07) is 11.1. The lowest BCUT2D eigenvalue weighted by Crippen LogP contribution is -2.47. The minimum Gasteiger partial charge on any atom is -0.336 e. The van der Waals surface area contributed by atoms with Crippen molar-refractivity contribution >= 4 is 28.0 Å². The normalized spacial score (nSPS) is 17.3. The van der Waals surface area contributed by atoms with Crippen molar-refractivity contribution in [1.29, 1.82) is 0 Å². The minimum atomic E-state index is -0.200. The number of aromatic nitrogens is 2. The number of benzene rings is 1. The van der Waals surface area contributed by atoms with E-state index < -0.39 is 0 Å². The van der Waals surface area contributed by atoms with Gasteiger partial charge in [0.15, 0.2) is 4.96 Å². The second kappa shape index (κ2) is 8.75. The van der Waals surface area contributed by atoms with E-state index in [4.69, 9.17) is 0 Å². The van der Waals surface area contributed by atoms with Crippen molar-refractivity contribution in [3.63, 3.8) is 0 Å². The smallest absolute Gasteiger partial charge is 0.319 e. The Morgan fingerprint density at radius 1 is 1.28 bits per heavy atom. The van der Waals surface area contributed by atoms with Crippen LogP contribution in [0.3, 0.4) is 0 Å². The van der Waals surface area contributed by atoms with E-state index in [9.17, 15) is 9.59 Å². The van der Waals surface area contributed by atoms with E-state index in [-0.39, 0.29) is 17.6 Å². The van der Waals surface area contributed by atoms with Crippen molar-refractivity contribution in [3.05, 3.63) is 63.5 Å². The fourth-order valence-corrected chi connectivity index (χ4v) is 4.69. The molecule has 1 aliphatic heterocycles. The van der Waals surface area contributed by atoms with Gasteiger partial charge in [0.25, 0.3) is 5.56 Å². The summed E-state index contributed by atoms with van der Waals surface area (Å²) in [5.41, 5.74) is 2.45. The number of nitrogens with one attached hydrogen (secondary N) is 2. The fourth-order valence-electron chi connectivity index (χ4n) is 3.80. The number of anilines is 1. The summed E-state index contributed by atoms with van der Waals surface area (Å²) in [7, 11) is 0. The van der Waals surface area contributed by atoms with Crippen LogP contribution >= 0.6 is 11.3 Å². The van der Waals surface area contributed by atoms with E-state index in [0.717, 1.165) is 47.8 Å². The molecule has 2 amide bonds. The highest BCUT2D eigenvalue weighted by molar-refractivity contribution is 7.15. The Kier molecular flexibility index (Phi) is 5.92. The summed E-state index contributed by atoms with van der Waals surface area (Å²) in [4.78, 5) is 32.4. The van der Waals surface area contributed by atoms with Gasteiger partial charge in [-0.2, -0.15) is 0 Å². The number of piperidine rings is 1. The molecule has 3 aromatic rings. The van der Waals surface area contributed by atoms with Crippen LogP contribution < -0.4 is 16.2 Å². The zero-order valence-corrected chi connectivity index (χ0v) is 17.2. The zero-order chi connectivity index (χ0) is 20.2. The molecule has 4 rings (SSSR count). The Labute approximate surface area is 173 Å². The monoisotopic (exact) mass is 411 g/mol. The lowest BCUT2D eigenvalue weighted by Gasteiger charge is -2.35. The van der Waals surface area contributed by atoms with Gasteiger partial charge in [0.05, 0.1) is 5.69 Å². The number of thiazole rings is 1. The lowest BCUT2D eigenvalue weighted by atomic mass is 10.0. The third-order valence-corrected chi connectivity index (χ3v) is 6.22. The molecule has 1 unspecified atom stereocenters. The molecule has 3 heterocycles. The van der Waals surface area contributed by atoms with E-state index >= 15 is 0 Å². The van der Waals surface area contributed by atoms with Gasteiger partial charge in [-0.15, -0.1) is 11.3 Å². The lowest BCUT2D eigenvalue weighted by molar-refractivity contribution is 0.137. The number of fused-ring (bicyclic) bond motifs is 1. The van der Waals surface area contributed by atoms with Crippen LogP contribution in [0.15, 0.2) is 46.6 Å². The SMILES string of the molecule is Cc1csc2nc(CN3CCCCC3CNC(=O)Nc3ccccc3)cc(=O)n12. The molecule has 1 atom stereocenters. The van der Waals surface area contributed by atoms with Crippen LogP contribution in [0.5, 0.6) is 0 Å². The van der Waals surface area contributed by atoms with Crippen LogP contribution in [-0.4, -0.2) is 39.4 Å². The second-order valence-electron chi connectivity index (χ2n) is 7.40. The van der Waals surface area contributed by atoms with Gasteiger partial charge in [-0.25, -0.2) is 9.78 Å². The molecule has 1 fully saturated rings. The number of amides is 2. The molecule has 1 aromatic carbocycles. The second-order valence-corrected chi connectivity index (χ2v) is 8.24. The van der Waals surface area contributed by atoms with Gasteiger partial charge in [-0.3, -0.25) is 14.1 Å². The van der Waals surface area contributed by atoms with Crippen LogP contribution in [0, 0.1) is 6.92 Å². The number of carbonyl (C=O) groups excluding carboxylic acids is 1. The number of carbonyl (C=O) groups is 1. The maximum absolute atomic E-state index is 12.4. The van der Waals surface area contributed by atoms with Gasteiger partial charge in [-0.1, -0.05) is 24.6 Å². The first-order chi connectivity index (χ1) is 14.1. The molecule has 8 heteroatoms. The molecule has 0 aliphatic carbocycles. The number of likely N-dealkylation sites (tertiary alicyclic amines) is 1. The predicted molar refractivity (Wildman–Crippen MR) is 116 cm³/mol. The molecule has 152 valence electrons. The first-order valence-electron chi connectivity index (χ1n) is 9.91. The zero-order valence-electron chi connectivity index (χ0n) is 16.4. The van der Waals surface area contributed by atoms with Gasteiger partial charge in [0.1, 0.15) is 0 Å². The van der Waals surface area contributed by atoms with Crippen LogP contribution in [0.4, 0.5) is 10.5 Å². The number of urea groups is 1. The number of nitrogens with zero attached hydrogens (tertiary/aromatic N) is 3. The molecule has 0 saturated carbocycles. The summed E-state index contributed by atoms with van der Waals surface area (Å²) >= 11 is 1.49. The Balaban J connectivity index is 1.40. The Morgan fingerprint density at radius 2 is 2.10 bits per heavy atom. The molecular formula is C21H25N5O2S. The largest absolute Gasteiger partial charge is 0.336 e. The number of hydrogen-bond acceptors (Lipinski definition) is 5. The molecule has 2 N–H and O–H groups in total. The minimum absolute atomic E-state index is 0.0299. The van der Waals surface area contributed by atoms with Gasteiger partial charge >= 0.3 is 6.03 Å². The third kappa shape index (κ3) is 4.65. The molecule has 29 heavy (non-hydrogen) atoms. The highest BCUT2D eigenvalue weighted by Gasteiger charge is 2.24. The highest BCUT2D eigenvalue weighted by atomic mass is 32.1. The molecular weight excluding hydrogens is 386 g/mol. The fraction of sp³-hybridized carbons (Fsp3) is 0.381. The quantitative estimate of drug-likeness (QED) is 0.676. The summed E-state index contributed by atoms with van der Waals surface area (Å²) < 4.78 is 1.65. The van der Waals surface area contributed by atoms with E-state index in [1.165, 1.54) is 11.3 Å². The average Bonchev–Trinajstić information content (AvgIpc) is 3.09. The molecule has 0 bridgehead atoms. The summed E-state index contributed by atoms with van der Waals surface area (Å²) in [5.74, 6) is 0. The Bertz CT molecular complexity index is 1050. The number of hydrogen-bond donors (Lipinski definition) is 2. The van der Waals surface area contributed by atoms with Crippen molar-refractivity contribution in [2.75, 3.05) is 18.4 Å². The summed E-state index contributed by atoms with van der Waals surface area (Å²) in [6.45, 7) is 4.05. The van der Waals surface area contributed by atoms with Crippen molar-refractivity contribution < 1.29 is 4.79 Å². The van der Waals surface area contributed by atoms with Gasteiger partial charge < -0.3 is 10.6 Å². The van der Waals surface area contributed by atoms with Crippen LogP contribution in [0.1, 0.15) is 30.7 Å². The molecule has 1 aliphatic rings. The van der Waals surface area contributed by atoms with Crippen molar-refractivity contribution in [3.8, 4) is 0 Å². The van der Waals surface area contributed by atoms with Crippen LogP contribution in [-0.2, 0) is 6.54 Å². The van der Waals surface area contributed by atoms with E-state index in [2.05, 4.69) is 20.5 Å². The molecule has 0 radical (unpaired) electrons. The first kappa shape index (κ1) is 19.6. The maximum Gasteiger partial charge on any atom is 0.319 e. The number of aryl methyl sites for hydroxylation is 1. The summed E-state index contributed by atoms with van der Waals surface area (Å²) in [6.07, 6.45) is 3.28. The molecule has 7 nitrogen and oxygen atoms in total. The molecule has 2 aromatic heterocycles. The Morgan fingerprint density at radius 3 is 2.93 bits per heavy atom. The highest BCUT2D eigenvalue weighted by Crippen LogP contribution is 2.19. The first-order valence-corrected chi connectivity index (χ1v) is 10.8.